The van der Waals surface area contributed by atoms with Crippen molar-refractivity contribution in [2.45, 2.75) is 20.0 Å². The number of aryl methyl sites for hydroxylation is 2. The zero-order chi connectivity index (χ0) is 11.7. The van der Waals surface area contributed by atoms with E-state index in [1.807, 2.05) is 43.5 Å². The Kier molecular flexibility index (Phi) is 3.33. The predicted molar refractivity (Wildman–Crippen MR) is 69.3 cm³/mol. The number of aliphatic hydroxyl groups excluding tert-OH is 1. The van der Waals surface area contributed by atoms with Crippen LogP contribution < -0.4 is 0 Å². The molecule has 0 saturated heterocycles. The molecular weight excluding hydrogens is 240 g/mol. The van der Waals surface area contributed by atoms with E-state index in [0.717, 1.165) is 21.6 Å². The van der Waals surface area contributed by atoms with Crippen molar-refractivity contribution >= 4 is 22.9 Å². The van der Waals surface area contributed by atoms with Crippen LogP contribution in [-0.4, -0.2) is 5.11 Å². The predicted octanol–water partition coefficient (Wildman–Crippen LogP) is 4.10. The summed E-state index contributed by atoms with van der Waals surface area (Å²) in [6.07, 6.45) is -0.626. The van der Waals surface area contributed by atoms with Crippen molar-refractivity contribution in [1.29, 1.82) is 0 Å². The van der Waals surface area contributed by atoms with Gasteiger partial charge in [-0.2, -0.15) is 0 Å². The zero-order valence-corrected chi connectivity index (χ0v) is 10.8. The van der Waals surface area contributed by atoms with Crippen LogP contribution in [0.3, 0.4) is 0 Å². The van der Waals surface area contributed by atoms with E-state index in [9.17, 15) is 5.11 Å². The molecule has 2 rings (SSSR count). The number of benzene rings is 1. The lowest BCUT2D eigenvalue weighted by molar-refractivity contribution is 0.220. The molecule has 1 aromatic heterocycles. The first-order chi connectivity index (χ1) is 7.59. The Labute approximate surface area is 104 Å². The molecule has 3 heteroatoms. The van der Waals surface area contributed by atoms with Crippen molar-refractivity contribution in [1.82, 2.24) is 0 Å². The maximum atomic E-state index is 10.3. The first kappa shape index (κ1) is 11.6. The third-order valence-corrected chi connectivity index (χ3v) is 3.83. The van der Waals surface area contributed by atoms with Gasteiger partial charge in [0.05, 0.1) is 0 Å². The molecule has 0 radical (unpaired) electrons. The number of hydrogen-bond donors (Lipinski definition) is 1. The molecule has 1 unspecified atom stereocenters. The Morgan fingerprint density at radius 2 is 1.94 bits per heavy atom. The summed E-state index contributed by atoms with van der Waals surface area (Å²) in [6, 6.07) is 7.67. The molecule has 0 saturated carbocycles. The Balaban J connectivity index is 2.41. The minimum absolute atomic E-state index is 0.623. The van der Waals surface area contributed by atoms with Crippen LogP contribution in [0.4, 0.5) is 0 Å². The van der Waals surface area contributed by atoms with Crippen molar-refractivity contribution in [3.05, 3.63) is 56.2 Å². The monoisotopic (exact) mass is 252 g/mol. The fourth-order valence-electron chi connectivity index (χ4n) is 1.70. The quantitative estimate of drug-likeness (QED) is 0.853. The number of rotatable bonds is 2. The topological polar surface area (TPSA) is 20.2 Å². The fraction of sp³-hybridized carbons (Fsp3) is 0.231. The second kappa shape index (κ2) is 4.58. The number of halogens is 1. The van der Waals surface area contributed by atoms with Gasteiger partial charge in [0.25, 0.3) is 0 Å². The van der Waals surface area contributed by atoms with E-state index in [-0.39, 0.29) is 0 Å². The Hall–Kier alpha value is -0.830. The van der Waals surface area contributed by atoms with Crippen LogP contribution in [0.1, 0.15) is 27.7 Å². The largest absolute Gasteiger partial charge is 0.384 e. The molecule has 1 heterocycles. The number of hydrogen-bond acceptors (Lipinski definition) is 2. The van der Waals surface area contributed by atoms with Crippen LogP contribution in [0.5, 0.6) is 0 Å². The molecule has 0 aliphatic rings. The van der Waals surface area contributed by atoms with E-state index in [1.165, 1.54) is 0 Å². The first-order valence-corrected chi connectivity index (χ1v) is 6.33. The minimum atomic E-state index is -0.626. The van der Waals surface area contributed by atoms with Gasteiger partial charge in [-0.1, -0.05) is 23.7 Å². The highest BCUT2D eigenvalue weighted by Crippen LogP contribution is 2.32. The molecule has 1 atom stereocenters. The second-order valence-corrected chi connectivity index (χ2v) is 5.39. The molecule has 1 nitrogen and oxygen atoms in total. The van der Waals surface area contributed by atoms with Crippen LogP contribution in [0, 0.1) is 13.8 Å². The molecule has 84 valence electrons. The van der Waals surface area contributed by atoms with Gasteiger partial charge < -0.3 is 5.11 Å². The second-order valence-electron chi connectivity index (χ2n) is 3.86. The first-order valence-electron chi connectivity index (χ1n) is 5.07. The van der Waals surface area contributed by atoms with Gasteiger partial charge in [0, 0.05) is 15.5 Å². The highest BCUT2D eigenvalue weighted by molar-refractivity contribution is 7.10. The highest BCUT2D eigenvalue weighted by Gasteiger charge is 2.16. The minimum Gasteiger partial charge on any atom is -0.384 e. The van der Waals surface area contributed by atoms with Gasteiger partial charge in [-0.25, -0.2) is 0 Å². The molecule has 1 aromatic carbocycles. The zero-order valence-electron chi connectivity index (χ0n) is 9.20. The lowest BCUT2D eigenvalue weighted by atomic mass is 10.0. The summed E-state index contributed by atoms with van der Waals surface area (Å²) >= 11 is 7.77. The van der Waals surface area contributed by atoms with E-state index >= 15 is 0 Å². The third kappa shape index (κ3) is 2.14. The molecule has 0 bridgehead atoms. The van der Waals surface area contributed by atoms with E-state index in [1.54, 1.807) is 11.3 Å². The van der Waals surface area contributed by atoms with Crippen LogP contribution in [0.2, 0.25) is 5.02 Å². The van der Waals surface area contributed by atoms with Gasteiger partial charge in [0.2, 0.25) is 0 Å². The van der Waals surface area contributed by atoms with Crippen molar-refractivity contribution in [2.24, 2.45) is 0 Å². The Morgan fingerprint density at radius 1 is 1.19 bits per heavy atom. The van der Waals surface area contributed by atoms with E-state index in [0.29, 0.717) is 5.02 Å². The van der Waals surface area contributed by atoms with Crippen LogP contribution in [-0.2, 0) is 0 Å². The van der Waals surface area contributed by atoms with Gasteiger partial charge in [0.1, 0.15) is 6.10 Å². The van der Waals surface area contributed by atoms with E-state index < -0.39 is 6.10 Å². The summed E-state index contributed by atoms with van der Waals surface area (Å²) in [7, 11) is 0. The molecule has 0 amide bonds. The van der Waals surface area contributed by atoms with Gasteiger partial charge in [-0.05, 0) is 42.5 Å². The van der Waals surface area contributed by atoms with Crippen molar-refractivity contribution in [3.63, 3.8) is 0 Å². The van der Waals surface area contributed by atoms with Crippen LogP contribution in [0.15, 0.2) is 29.6 Å². The summed E-state index contributed by atoms with van der Waals surface area (Å²) in [5.74, 6) is 0. The maximum Gasteiger partial charge on any atom is 0.107 e. The Morgan fingerprint density at radius 3 is 2.50 bits per heavy atom. The van der Waals surface area contributed by atoms with Gasteiger partial charge in [-0.3, -0.25) is 0 Å². The third-order valence-electron chi connectivity index (χ3n) is 2.64. The number of aliphatic hydroxyl groups is 1. The molecule has 1 N–H and O–H groups in total. The Bertz CT molecular complexity index is 504. The molecular formula is C13H13ClOS. The van der Waals surface area contributed by atoms with E-state index in [2.05, 4.69) is 0 Å². The van der Waals surface area contributed by atoms with Crippen molar-refractivity contribution in [3.8, 4) is 0 Å². The standard InChI is InChI=1S/C13H13ClOS/c1-8-3-4-11(12(14)7-8)13(15)10-5-6-16-9(10)2/h3-7,13,15H,1-2H3. The number of thiophene rings is 1. The summed E-state index contributed by atoms with van der Waals surface area (Å²) in [5.41, 5.74) is 2.81. The summed E-state index contributed by atoms with van der Waals surface area (Å²) in [6.45, 7) is 3.99. The highest BCUT2D eigenvalue weighted by atomic mass is 35.5. The van der Waals surface area contributed by atoms with Crippen LogP contribution >= 0.6 is 22.9 Å². The molecule has 0 aliphatic heterocycles. The molecule has 16 heavy (non-hydrogen) atoms. The SMILES string of the molecule is Cc1ccc(C(O)c2ccsc2C)c(Cl)c1. The lowest BCUT2D eigenvalue weighted by Gasteiger charge is -2.13. The molecule has 2 aromatic rings. The maximum absolute atomic E-state index is 10.3. The summed E-state index contributed by atoms with van der Waals surface area (Å²) in [5, 5.41) is 12.9. The average molecular weight is 253 g/mol. The average Bonchev–Trinajstić information content (AvgIpc) is 2.63. The smallest absolute Gasteiger partial charge is 0.107 e. The molecule has 0 spiro atoms. The lowest BCUT2D eigenvalue weighted by Crippen LogP contribution is -2.00. The van der Waals surface area contributed by atoms with E-state index in [4.69, 9.17) is 11.6 Å². The summed E-state index contributed by atoms with van der Waals surface area (Å²) in [4.78, 5) is 1.13. The van der Waals surface area contributed by atoms with Crippen molar-refractivity contribution < 1.29 is 5.11 Å². The molecule has 0 fully saturated rings. The fourth-order valence-corrected chi connectivity index (χ4v) is 2.77. The van der Waals surface area contributed by atoms with Gasteiger partial charge in [-0.15, -0.1) is 11.3 Å². The summed E-state index contributed by atoms with van der Waals surface area (Å²) < 4.78 is 0. The normalized spacial score (nSPS) is 12.8. The van der Waals surface area contributed by atoms with Gasteiger partial charge >= 0.3 is 0 Å². The molecule has 0 aliphatic carbocycles. The van der Waals surface area contributed by atoms with Crippen molar-refractivity contribution in [2.75, 3.05) is 0 Å². The van der Waals surface area contributed by atoms with Gasteiger partial charge in [0.15, 0.2) is 0 Å². The van der Waals surface area contributed by atoms with Crippen LogP contribution in [0.25, 0.3) is 0 Å².